The van der Waals surface area contributed by atoms with Gasteiger partial charge in [-0.05, 0) is 26.3 Å². The predicted octanol–water partition coefficient (Wildman–Crippen LogP) is 1.11. The van der Waals surface area contributed by atoms with Crippen molar-refractivity contribution in [3.05, 3.63) is 16.8 Å². The molecule has 0 aromatic carbocycles. The molecule has 0 bridgehead atoms. The van der Waals surface area contributed by atoms with Gasteiger partial charge in [-0.1, -0.05) is 6.92 Å². The van der Waals surface area contributed by atoms with Crippen molar-refractivity contribution < 1.29 is 9.90 Å². The number of aliphatic carboxylic acids is 1. The molecule has 1 atom stereocenters. The number of carbonyl (C=O) groups is 1. The van der Waals surface area contributed by atoms with Crippen LogP contribution in [0.1, 0.15) is 24.5 Å². The van der Waals surface area contributed by atoms with Crippen molar-refractivity contribution in [2.75, 3.05) is 5.32 Å². The Morgan fingerprint density at radius 3 is 2.89 bits per heavy atom. The first kappa shape index (κ1) is 12.8. The summed E-state index contributed by atoms with van der Waals surface area (Å²) in [4.78, 5) is 21.5. The molecule has 2 aromatic rings. The Hall–Kier alpha value is -1.69. The summed E-state index contributed by atoms with van der Waals surface area (Å²) in [5.74, 6) is 0.0376. The number of carbonyl (C=O) groups excluding carboxylic acids is 1. The second-order valence-electron chi connectivity index (χ2n) is 4.09. The number of carboxylic acid groups (broad SMARTS) is 1. The van der Waals surface area contributed by atoms with Gasteiger partial charge in [-0.2, -0.15) is 0 Å². The van der Waals surface area contributed by atoms with Crippen LogP contribution in [0.2, 0.25) is 0 Å². The predicted molar refractivity (Wildman–Crippen MR) is 69.6 cm³/mol. The molecule has 2 aromatic heterocycles. The van der Waals surface area contributed by atoms with Gasteiger partial charge in [0.1, 0.15) is 16.5 Å². The van der Waals surface area contributed by atoms with Crippen molar-refractivity contribution in [1.29, 1.82) is 0 Å². The van der Waals surface area contributed by atoms with Crippen LogP contribution in [0, 0.1) is 6.92 Å². The van der Waals surface area contributed by atoms with Crippen LogP contribution < -0.4 is 10.4 Å². The molecule has 1 N–H and O–H groups in total. The minimum Gasteiger partial charge on any atom is -0.548 e. The number of hydrogen-bond acceptors (Lipinski definition) is 6. The number of aromatic nitrogens is 2. The van der Waals surface area contributed by atoms with Crippen molar-refractivity contribution in [2.24, 2.45) is 0 Å². The van der Waals surface area contributed by atoms with Gasteiger partial charge < -0.3 is 15.2 Å². The number of rotatable bonds is 4. The maximum absolute atomic E-state index is 10.8. The van der Waals surface area contributed by atoms with E-state index in [1.54, 1.807) is 18.3 Å². The maximum atomic E-state index is 10.8. The van der Waals surface area contributed by atoms with Crippen molar-refractivity contribution in [1.82, 2.24) is 9.97 Å². The van der Waals surface area contributed by atoms with Gasteiger partial charge in [0.05, 0.1) is 17.4 Å². The third-order valence-electron chi connectivity index (χ3n) is 2.61. The van der Waals surface area contributed by atoms with Crippen molar-refractivity contribution in [3.63, 3.8) is 0 Å². The topological polar surface area (TPSA) is 77.9 Å². The number of hydrogen-bond donors (Lipinski definition) is 1. The highest BCUT2D eigenvalue weighted by Gasteiger charge is 2.12. The average molecular weight is 264 g/mol. The molecule has 2 rings (SSSR count). The van der Waals surface area contributed by atoms with Crippen molar-refractivity contribution >= 4 is 33.3 Å². The molecule has 0 amide bonds. The Bertz CT molecular complexity index is 594. The van der Waals surface area contributed by atoms with Crippen LogP contribution in [-0.2, 0) is 11.2 Å². The first-order chi connectivity index (χ1) is 8.51. The molecule has 6 heteroatoms. The molecule has 0 unspecified atom stereocenters. The minimum absolute atomic E-state index is 0.560. The molecule has 5 nitrogen and oxygen atoms in total. The third kappa shape index (κ3) is 2.43. The number of nitrogens with one attached hydrogen (secondary N) is 1. The van der Waals surface area contributed by atoms with Crippen LogP contribution in [0.15, 0.2) is 6.07 Å². The summed E-state index contributed by atoms with van der Waals surface area (Å²) in [5, 5.41) is 14.5. The molecule has 0 aliphatic heterocycles. The summed E-state index contributed by atoms with van der Waals surface area (Å²) in [5.41, 5.74) is 0. The van der Waals surface area contributed by atoms with Crippen molar-refractivity contribution in [3.8, 4) is 0 Å². The molecule has 0 saturated heterocycles. The van der Waals surface area contributed by atoms with E-state index in [9.17, 15) is 9.90 Å². The summed E-state index contributed by atoms with van der Waals surface area (Å²) >= 11 is 1.61. The highest BCUT2D eigenvalue weighted by molar-refractivity contribution is 7.18. The molecular weight excluding hydrogens is 250 g/mol. The normalized spacial score (nSPS) is 12.6. The van der Waals surface area contributed by atoms with E-state index in [0.717, 1.165) is 16.6 Å². The molecular formula is C12H14N3O2S-. The van der Waals surface area contributed by atoms with Gasteiger partial charge in [0.15, 0.2) is 0 Å². The van der Waals surface area contributed by atoms with Gasteiger partial charge >= 0.3 is 0 Å². The largest absolute Gasteiger partial charge is 0.548 e. The third-order valence-corrected chi connectivity index (χ3v) is 3.78. The van der Waals surface area contributed by atoms with Gasteiger partial charge in [-0.3, -0.25) is 0 Å². The van der Waals surface area contributed by atoms with Gasteiger partial charge in [0, 0.05) is 4.88 Å². The molecule has 0 fully saturated rings. The summed E-state index contributed by atoms with van der Waals surface area (Å²) < 4.78 is 0. The first-order valence-corrected chi connectivity index (χ1v) is 6.57. The number of aryl methyl sites for hydroxylation is 2. The first-order valence-electron chi connectivity index (χ1n) is 5.75. The zero-order valence-electron chi connectivity index (χ0n) is 10.5. The smallest absolute Gasteiger partial charge is 0.139 e. The van der Waals surface area contributed by atoms with Crippen molar-refractivity contribution in [2.45, 2.75) is 33.2 Å². The van der Waals surface area contributed by atoms with Crippen LogP contribution in [0.5, 0.6) is 0 Å². The zero-order chi connectivity index (χ0) is 13.3. The molecule has 18 heavy (non-hydrogen) atoms. The molecule has 0 spiro atoms. The standard InChI is InChI=1S/C12H15N3O2S/c1-4-8-5-9-10(13-6(2)12(16)17)14-7(3)15-11(9)18-8/h5-6H,4H2,1-3H3,(H,16,17)(H,13,14,15)/p-1/t6-/m0/s1. The second-order valence-corrected chi connectivity index (χ2v) is 5.20. The van der Waals surface area contributed by atoms with Gasteiger partial charge in [0.2, 0.25) is 0 Å². The Morgan fingerprint density at radius 2 is 2.28 bits per heavy atom. The quantitative estimate of drug-likeness (QED) is 0.895. The Morgan fingerprint density at radius 1 is 1.56 bits per heavy atom. The Labute approximate surface area is 109 Å². The fourth-order valence-electron chi connectivity index (χ4n) is 1.63. The van der Waals surface area contributed by atoms with E-state index < -0.39 is 12.0 Å². The second kappa shape index (κ2) is 4.89. The summed E-state index contributed by atoms with van der Waals surface area (Å²) in [6, 6.07) is 1.22. The van der Waals surface area contributed by atoms with Gasteiger partial charge in [0.25, 0.3) is 0 Å². The van der Waals surface area contributed by atoms with Crippen LogP contribution in [0.3, 0.4) is 0 Å². The monoisotopic (exact) mass is 264 g/mol. The lowest BCUT2D eigenvalue weighted by Gasteiger charge is -2.15. The number of carboxylic acids is 1. The average Bonchev–Trinajstić information content (AvgIpc) is 2.71. The van der Waals surface area contributed by atoms with E-state index in [1.807, 2.05) is 6.07 Å². The lowest BCUT2D eigenvalue weighted by atomic mass is 10.2. The summed E-state index contributed by atoms with van der Waals surface area (Å²) in [6.07, 6.45) is 0.926. The van der Waals surface area contributed by atoms with Gasteiger partial charge in [-0.15, -0.1) is 11.3 Å². The van der Waals surface area contributed by atoms with Crippen LogP contribution in [-0.4, -0.2) is 22.0 Å². The van der Waals surface area contributed by atoms with Crippen LogP contribution in [0.25, 0.3) is 10.2 Å². The Balaban J connectivity index is 2.47. The molecule has 0 aliphatic carbocycles. The highest BCUT2D eigenvalue weighted by atomic mass is 32.1. The lowest BCUT2D eigenvalue weighted by molar-refractivity contribution is -0.306. The van der Waals surface area contributed by atoms with E-state index in [1.165, 1.54) is 11.8 Å². The fourth-order valence-corrected chi connectivity index (χ4v) is 2.64. The Kier molecular flexibility index (Phi) is 3.47. The van der Waals surface area contributed by atoms with E-state index in [4.69, 9.17) is 0 Å². The maximum Gasteiger partial charge on any atom is 0.139 e. The van der Waals surface area contributed by atoms with E-state index in [-0.39, 0.29) is 0 Å². The molecule has 2 heterocycles. The molecule has 96 valence electrons. The molecule has 0 radical (unpaired) electrons. The summed E-state index contributed by atoms with van der Waals surface area (Å²) in [7, 11) is 0. The summed E-state index contributed by atoms with van der Waals surface area (Å²) in [6.45, 7) is 5.40. The minimum atomic E-state index is -1.15. The van der Waals surface area contributed by atoms with E-state index in [2.05, 4.69) is 22.2 Å². The SMILES string of the molecule is CCc1cc2c(N[C@@H](C)C(=O)[O-])nc(C)nc2s1. The van der Waals surface area contributed by atoms with Crippen LogP contribution >= 0.6 is 11.3 Å². The number of thiophene rings is 1. The van der Waals surface area contributed by atoms with Gasteiger partial charge in [-0.25, -0.2) is 9.97 Å². The zero-order valence-corrected chi connectivity index (χ0v) is 11.3. The van der Waals surface area contributed by atoms with E-state index >= 15 is 0 Å². The number of nitrogens with zero attached hydrogens (tertiary/aromatic N) is 2. The number of anilines is 1. The lowest BCUT2D eigenvalue weighted by Crippen LogP contribution is -2.38. The number of fused-ring (bicyclic) bond motifs is 1. The fraction of sp³-hybridized carbons (Fsp3) is 0.417. The highest BCUT2D eigenvalue weighted by Crippen LogP contribution is 2.29. The van der Waals surface area contributed by atoms with Crippen LogP contribution in [0.4, 0.5) is 5.82 Å². The molecule has 0 saturated carbocycles. The van der Waals surface area contributed by atoms with E-state index in [0.29, 0.717) is 11.6 Å². The molecule has 0 aliphatic rings.